The molecule has 3 aromatic rings. The number of rotatable bonds is 1. The van der Waals surface area contributed by atoms with Gasteiger partial charge in [-0.25, -0.2) is 4.98 Å². The zero-order valence-corrected chi connectivity index (χ0v) is 12.7. The third-order valence-corrected chi connectivity index (χ3v) is 5.36. The Bertz CT molecular complexity index is 877. The van der Waals surface area contributed by atoms with Crippen molar-refractivity contribution in [2.75, 3.05) is 0 Å². The summed E-state index contributed by atoms with van der Waals surface area (Å²) < 4.78 is 1.74. The molecule has 0 spiro atoms. The van der Waals surface area contributed by atoms with Gasteiger partial charge in [-0.1, -0.05) is 18.2 Å². The van der Waals surface area contributed by atoms with E-state index in [0.29, 0.717) is 0 Å². The average Bonchev–Trinajstić information content (AvgIpc) is 2.86. The van der Waals surface area contributed by atoms with Crippen molar-refractivity contribution >= 4 is 21.6 Å². The van der Waals surface area contributed by atoms with E-state index in [9.17, 15) is 4.79 Å². The predicted molar refractivity (Wildman–Crippen MR) is 86.6 cm³/mol. The molecule has 106 valence electrons. The molecule has 1 aromatic carbocycles. The van der Waals surface area contributed by atoms with Gasteiger partial charge in [0.2, 0.25) is 0 Å². The molecule has 0 saturated carbocycles. The fourth-order valence-corrected chi connectivity index (χ4v) is 4.49. The first-order valence-electron chi connectivity index (χ1n) is 7.35. The Balaban J connectivity index is 2.07. The molecule has 0 radical (unpaired) electrons. The molecule has 1 aliphatic rings. The molecular formula is C17H16N2OS. The Morgan fingerprint density at radius 3 is 2.71 bits per heavy atom. The molecule has 0 amide bonds. The number of aromatic nitrogens is 2. The van der Waals surface area contributed by atoms with E-state index in [1.165, 1.54) is 23.3 Å². The molecule has 0 atom stereocenters. The minimum absolute atomic E-state index is 0.0862. The van der Waals surface area contributed by atoms with E-state index < -0.39 is 0 Å². The van der Waals surface area contributed by atoms with Crippen LogP contribution < -0.4 is 5.56 Å². The zero-order chi connectivity index (χ0) is 14.4. The van der Waals surface area contributed by atoms with Gasteiger partial charge in [-0.05, 0) is 50.3 Å². The van der Waals surface area contributed by atoms with E-state index in [-0.39, 0.29) is 5.56 Å². The minimum atomic E-state index is 0.0862. The van der Waals surface area contributed by atoms with Crippen molar-refractivity contribution in [1.29, 1.82) is 0 Å². The highest BCUT2D eigenvalue weighted by Crippen LogP contribution is 2.33. The summed E-state index contributed by atoms with van der Waals surface area (Å²) in [7, 11) is 0. The first-order valence-corrected chi connectivity index (χ1v) is 8.16. The lowest BCUT2D eigenvalue weighted by Crippen LogP contribution is -2.22. The monoisotopic (exact) mass is 296 g/mol. The van der Waals surface area contributed by atoms with Gasteiger partial charge in [-0.15, -0.1) is 11.3 Å². The van der Waals surface area contributed by atoms with E-state index in [1.54, 1.807) is 15.9 Å². The van der Waals surface area contributed by atoms with Crippen molar-refractivity contribution < 1.29 is 0 Å². The number of hydrogen-bond acceptors (Lipinski definition) is 3. The van der Waals surface area contributed by atoms with Crippen LogP contribution in [0.25, 0.3) is 15.9 Å². The van der Waals surface area contributed by atoms with Crippen molar-refractivity contribution in [3.05, 3.63) is 57.0 Å². The number of benzene rings is 1. The molecule has 1 aliphatic carbocycles. The maximum atomic E-state index is 13.0. The van der Waals surface area contributed by atoms with Gasteiger partial charge in [0.15, 0.2) is 0 Å². The van der Waals surface area contributed by atoms with Crippen LogP contribution in [0.2, 0.25) is 0 Å². The van der Waals surface area contributed by atoms with Crippen LogP contribution in [0.1, 0.15) is 29.1 Å². The first-order chi connectivity index (χ1) is 10.3. The van der Waals surface area contributed by atoms with E-state index in [4.69, 9.17) is 4.98 Å². The molecule has 4 heteroatoms. The minimum Gasteiger partial charge on any atom is -0.268 e. The van der Waals surface area contributed by atoms with Crippen LogP contribution in [-0.4, -0.2) is 9.55 Å². The van der Waals surface area contributed by atoms with Crippen LogP contribution in [0.3, 0.4) is 0 Å². The molecule has 0 bridgehead atoms. The van der Waals surface area contributed by atoms with Crippen LogP contribution in [0.15, 0.2) is 35.1 Å². The topological polar surface area (TPSA) is 34.9 Å². The SMILES string of the molecule is Cc1nc2sc3c(c2c(=O)n1-c1ccccc1)CCCC3. The predicted octanol–water partition coefficient (Wildman–Crippen LogP) is 3.63. The van der Waals surface area contributed by atoms with E-state index >= 15 is 0 Å². The molecule has 0 saturated heterocycles. The van der Waals surface area contributed by atoms with Crippen molar-refractivity contribution in [2.24, 2.45) is 0 Å². The Kier molecular flexibility index (Phi) is 2.93. The number of para-hydroxylation sites is 1. The van der Waals surface area contributed by atoms with Crippen LogP contribution in [0.5, 0.6) is 0 Å². The van der Waals surface area contributed by atoms with Crippen LogP contribution in [0.4, 0.5) is 0 Å². The summed E-state index contributed by atoms with van der Waals surface area (Å²) in [6, 6.07) is 9.78. The van der Waals surface area contributed by atoms with E-state index in [2.05, 4.69) is 0 Å². The number of nitrogens with zero attached hydrogens (tertiary/aromatic N) is 2. The Hall–Kier alpha value is -1.94. The molecule has 4 rings (SSSR count). The van der Waals surface area contributed by atoms with E-state index in [1.807, 2.05) is 37.3 Å². The second-order valence-corrected chi connectivity index (χ2v) is 6.61. The third-order valence-electron chi connectivity index (χ3n) is 4.17. The van der Waals surface area contributed by atoms with Gasteiger partial charge in [0.25, 0.3) is 5.56 Å². The Labute approximate surface area is 126 Å². The summed E-state index contributed by atoms with van der Waals surface area (Å²) in [6.45, 7) is 1.91. The number of hydrogen-bond donors (Lipinski definition) is 0. The smallest absolute Gasteiger partial charge is 0.267 e. The van der Waals surface area contributed by atoms with Crippen LogP contribution in [-0.2, 0) is 12.8 Å². The summed E-state index contributed by atoms with van der Waals surface area (Å²) in [5, 5.41) is 0.851. The summed E-state index contributed by atoms with van der Waals surface area (Å²) in [5.74, 6) is 0.761. The highest BCUT2D eigenvalue weighted by Gasteiger charge is 2.21. The molecule has 2 heterocycles. The highest BCUT2D eigenvalue weighted by molar-refractivity contribution is 7.18. The number of thiophene rings is 1. The maximum Gasteiger partial charge on any atom is 0.267 e. The van der Waals surface area contributed by atoms with Crippen LogP contribution >= 0.6 is 11.3 Å². The lowest BCUT2D eigenvalue weighted by molar-refractivity contribution is 0.699. The highest BCUT2D eigenvalue weighted by atomic mass is 32.1. The largest absolute Gasteiger partial charge is 0.268 e. The summed E-state index contributed by atoms with van der Waals surface area (Å²) >= 11 is 1.71. The molecule has 0 N–H and O–H groups in total. The summed E-state index contributed by atoms with van der Waals surface area (Å²) in [4.78, 5) is 20.0. The van der Waals surface area contributed by atoms with Gasteiger partial charge in [-0.2, -0.15) is 0 Å². The third kappa shape index (κ3) is 1.94. The molecule has 21 heavy (non-hydrogen) atoms. The van der Waals surface area contributed by atoms with Gasteiger partial charge < -0.3 is 0 Å². The second kappa shape index (κ2) is 4.81. The van der Waals surface area contributed by atoms with Crippen molar-refractivity contribution in [1.82, 2.24) is 9.55 Å². The summed E-state index contributed by atoms with van der Waals surface area (Å²) in [6.07, 6.45) is 4.52. The van der Waals surface area contributed by atoms with Gasteiger partial charge in [-0.3, -0.25) is 9.36 Å². The summed E-state index contributed by atoms with van der Waals surface area (Å²) in [5.41, 5.74) is 2.23. The van der Waals surface area contributed by atoms with Crippen LogP contribution in [0, 0.1) is 6.92 Å². The number of fused-ring (bicyclic) bond motifs is 3. The lowest BCUT2D eigenvalue weighted by atomic mass is 9.97. The Morgan fingerprint density at radius 1 is 1.14 bits per heavy atom. The molecule has 3 nitrogen and oxygen atoms in total. The fourth-order valence-electron chi connectivity index (χ4n) is 3.19. The molecular weight excluding hydrogens is 280 g/mol. The van der Waals surface area contributed by atoms with Gasteiger partial charge in [0, 0.05) is 4.88 Å². The zero-order valence-electron chi connectivity index (χ0n) is 11.9. The number of aryl methyl sites for hydroxylation is 3. The van der Waals surface area contributed by atoms with Gasteiger partial charge in [0.05, 0.1) is 11.1 Å². The molecule has 2 aromatic heterocycles. The van der Waals surface area contributed by atoms with Crippen molar-refractivity contribution in [2.45, 2.75) is 32.6 Å². The van der Waals surface area contributed by atoms with Crippen molar-refractivity contribution in [3.8, 4) is 5.69 Å². The average molecular weight is 296 g/mol. The second-order valence-electron chi connectivity index (χ2n) is 5.53. The van der Waals surface area contributed by atoms with Gasteiger partial charge >= 0.3 is 0 Å². The lowest BCUT2D eigenvalue weighted by Gasteiger charge is -2.12. The quantitative estimate of drug-likeness (QED) is 0.687. The molecule has 0 unspecified atom stereocenters. The fraction of sp³-hybridized carbons (Fsp3) is 0.294. The molecule has 0 fully saturated rings. The maximum absolute atomic E-state index is 13.0. The normalized spacial score (nSPS) is 14.3. The van der Waals surface area contributed by atoms with Crippen molar-refractivity contribution in [3.63, 3.8) is 0 Å². The first kappa shape index (κ1) is 12.8. The standard InChI is InChI=1S/C17H16N2OS/c1-11-18-16-15(13-9-5-6-10-14(13)21-16)17(20)19(11)12-7-3-2-4-8-12/h2-4,7-8H,5-6,9-10H2,1H3. The van der Waals surface area contributed by atoms with E-state index in [0.717, 1.165) is 34.6 Å². The molecule has 0 aliphatic heterocycles. The van der Waals surface area contributed by atoms with Gasteiger partial charge in [0.1, 0.15) is 10.7 Å². The Morgan fingerprint density at radius 2 is 1.90 bits per heavy atom.